The molecule has 0 aromatic heterocycles. The van der Waals surface area contributed by atoms with Gasteiger partial charge in [0, 0.05) is 13.1 Å². The van der Waals surface area contributed by atoms with E-state index in [9.17, 15) is 4.79 Å². The monoisotopic (exact) mass is 332 g/mol. The average molecular weight is 332 g/mol. The van der Waals surface area contributed by atoms with Crippen LogP contribution in [0.4, 0.5) is 5.69 Å². The van der Waals surface area contributed by atoms with Gasteiger partial charge in [0.1, 0.15) is 5.69 Å². The number of rotatable bonds is 4. The number of hydrogen-bond donors (Lipinski definition) is 0. The number of carbonyl (C=O) groups excluding carboxylic acids is 1. The first-order valence-electron chi connectivity index (χ1n) is 8.30. The van der Waals surface area contributed by atoms with Gasteiger partial charge < -0.3 is 0 Å². The number of nitrogens with zero attached hydrogens (tertiary/aromatic N) is 3. The third-order valence-corrected chi connectivity index (χ3v) is 4.27. The quantitative estimate of drug-likeness (QED) is 0.622. The maximum atomic E-state index is 12.8. The lowest BCUT2D eigenvalue weighted by atomic mass is 10.1. The van der Waals surface area contributed by atoms with Crippen LogP contribution in [-0.2, 0) is 4.79 Å². The Balaban J connectivity index is 1.82. The largest absolute Gasteiger partial charge is 0.318 e. The Hall–Kier alpha value is -3.01. The van der Waals surface area contributed by atoms with Gasteiger partial charge >= 0.3 is 5.91 Å². The van der Waals surface area contributed by atoms with Crippen LogP contribution >= 0.6 is 0 Å². The third-order valence-electron chi connectivity index (χ3n) is 4.27. The predicted molar refractivity (Wildman–Crippen MR) is 103 cm³/mol. The van der Waals surface area contributed by atoms with E-state index in [2.05, 4.69) is 11.1 Å². The highest BCUT2D eigenvalue weighted by Crippen LogP contribution is 2.20. The van der Waals surface area contributed by atoms with Crippen molar-refractivity contribution in [3.8, 4) is 0 Å². The van der Waals surface area contributed by atoms with Crippen LogP contribution in [0.3, 0.4) is 0 Å². The molecule has 2 aromatic rings. The number of benzene rings is 2. The van der Waals surface area contributed by atoms with Crippen LogP contribution < -0.4 is 5.01 Å². The highest BCUT2D eigenvalue weighted by molar-refractivity contribution is 6.15. The summed E-state index contributed by atoms with van der Waals surface area (Å²) in [4.78, 5) is 17.4. The van der Waals surface area contributed by atoms with Crippen molar-refractivity contribution in [1.29, 1.82) is 0 Å². The van der Waals surface area contributed by atoms with E-state index in [4.69, 9.17) is 0 Å². The highest BCUT2D eigenvalue weighted by Gasteiger charge is 2.44. The van der Waals surface area contributed by atoms with Crippen LogP contribution in [-0.4, -0.2) is 35.6 Å². The molecular formula is C21H22N3O+. The molecule has 0 aliphatic carbocycles. The SMILES string of the molecule is CC1=[N+](C)N(c2ccccc2)C(=O)C1/N=C/C(C)=C/c1ccccc1. The van der Waals surface area contributed by atoms with Crippen LogP contribution in [0, 0.1) is 0 Å². The van der Waals surface area contributed by atoms with Crippen LogP contribution in [0.2, 0.25) is 0 Å². The van der Waals surface area contributed by atoms with Crippen LogP contribution in [0.5, 0.6) is 0 Å². The summed E-state index contributed by atoms with van der Waals surface area (Å²) in [5, 5.41) is 1.67. The zero-order valence-corrected chi connectivity index (χ0v) is 14.8. The molecule has 0 bridgehead atoms. The molecule has 0 saturated heterocycles. The van der Waals surface area contributed by atoms with Gasteiger partial charge in [0.15, 0.2) is 7.05 Å². The maximum absolute atomic E-state index is 12.8. The lowest BCUT2D eigenvalue weighted by molar-refractivity contribution is -0.495. The summed E-state index contributed by atoms with van der Waals surface area (Å²) in [6.45, 7) is 3.93. The Morgan fingerprint density at radius 1 is 1.08 bits per heavy atom. The van der Waals surface area contributed by atoms with Crippen molar-refractivity contribution >= 4 is 29.6 Å². The topological polar surface area (TPSA) is 35.7 Å². The molecule has 1 amide bonds. The summed E-state index contributed by atoms with van der Waals surface area (Å²) in [7, 11) is 1.89. The maximum Gasteiger partial charge on any atom is 0.318 e. The zero-order chi connectivity index (χ0) is 17.8. The molecule has 0 saturated carbocycles. The first kappa shape index (κ1) is 16.8. The van der Waals surface area contributed by atoms with Gasteiger partial charge in [0.25, 0.3) is 0 Å². The molecule has 3 rings (SSSR count). The van der Waals surface area contributed by atoms with Crippen molar-refractivity contribution in [3.05, 3.63) is 71.8 Å². The number of anilines is 1. The molecule has 1 aliphatic heterocycles. The fraction of sp³-hybridized carbons (Fsp3) is 0.190. The Bertz CT molecular complexity index is 851. The molecule has 4 heteroatoms. The van der Waals surface area contributed by atoms with E-state index >= 15 is 0 Å². The zero-order valence-electron chi connectivity index (χ0n) is 14.8. The highest BCUT2D eigenvalue weighted by atomic mass is 16.2. The molecule has 0 spiro atoms. The Kier molecular flexibility index (Phi) is 4.89. The van der Waals surface area contributed by atoms with Gasteiger partial charge in [-0.1, -0.05) is 59.6 Å². The number of hydrazone groups is 1. The minimum Gasteiger partial charge on any atom is -0.268 e. The lowest BCUT2D eigenvalue weighted by Gasteiger charge is -2.10. The Labute approximate surface area is 148 Å². The van der Waals surface area contributed by atoms with Gasteiger partial charge in [-0.25, -0.2) is 0 Å². The first-order chi connectivity index (χ1) is 12.1. The van der Waals surface area contributed by atoms with E-state index in [-0.39, 0.29) is 5.91 Å². The number of para-hydroxylation sites is 1. The average Bonchev–Trinajstić information content (AvgIpc) is 2.84. The molecule has 0 radical (unpaired) electrons. The number of amides is 1. The van der Waals surface area contributed by atoms with Gasteiger partial charge in [0.2, 0.25) is 11.8 Å². The van der Waals surface area contributed by atoms with Gasteiger partial charge in [-0.05, 0) is 30.2 Å². The smallest absolute Gasteiger partial charge is 0.268 e. The van der Waals surface area contributed by atoms with E-state index in [0.29, 0.717) is 0 Å². The fourth-order valence-corrected chi connectivity index (χ4v) is 2.86. The molecule has 0 fully saturated rings. The summed E-state index contributed by atoms with van der Waals surface area (Å²) < 4.78 is 1.87. The molecule has 4 nitrogen and oxygen atoms in total. The van der Waals surface area contributed by atoms with E-state index in [0.717, 1.165) is 22.5 Å². The summed E-state index contributed by atoms with van der Waals surface area (Å²) >= 11 is 0. The summed E-state index contributed by atoms with van der Waals surface area (Å²) in [6, 6.07) is 19.2. The number of allylic oxidation sites excluding steroid dienone is 1. The molecule has 126 valence electrons. The van der Waals surface area contributed by atoms with Crippen molar-refractivity contribution in [3.63, 3.8) is 0 Å². The molecule has 2 aromatic carbocycles. The van der Waals surface area contributed by atoms with Crippen LogP contribution in [0.15, 0.2) is 71.2 Å². The van der Waals surface area contributed by atoms with Crippen molar-refractivity contribution < 1.29 is 9.48 Å². The summed E-state index contributed by atoms with van der Waals surface area (Å²) in [5.74, 6) is -0.0324. The lowest BCUT2D eigenvalue weighted by Crippen LogP contribution is -2.35. The molecule has 1 heterocycles. The number of carbonyl (C=O) groups is 1. The predicted octanol–water partition coefficient (Wildman–Crippen LogP) is 3.59. The van der Waals surface area contributed by atoms with Crippen LogP contribution in [0.25, 0.3) is 6.08 Å². The second-order valence-corrected chi connectivity index (χ2v) is 6.13. The molecule has 1 atom stereocenters. The normalized spacial score (nSPS) is 18.5. The number of hydrogen-bond acceptors (Lipinski definition) is 2. The molecular weight excluding hydrogens is 310 g/mol. The van der Waals surface area contributed by atoms with Crippen LogP contribution in [0.1, 0.15) is 19.4 Å². The van der Waals surface area contributed by atoms with Gasteiger partial charge in [0.05, 0.1) is 0 Å². The van der Waals surface area contributed by atoms with E-state index in [1.807, 2.05) is 86.2 Å². The third kappa shape index (κ3) is 3.58. The molecule has 0 N–H and O–H groups in total. The first-order valence-corrected chi connectivity index (χ1v) is 8.30. The second kappa shape index (κ2) is 7.26. The Morgan fingerprint density at radius 2 is 1.68 bits per heavy atom. The van der Waals surface area contributed by atoms with Gasteiger partial charge in [-0.3, -0.25) is 9.79 Å². The minimum absolute atomic E-state index is 0.0324. The van der Waals surface area contributed by atoms with E-state index < -0.39 is 6.04 Å². The van der Waals surface area contributed by atoms with Gasteiger partial charge in [-0.15, -0.1) is 4.68 Å². The molecule has 1 unspecified atom stereocenters. The summed E-state index contributed by atoms with van der Waals surface area (Å²) in [6.07, 6.45) is 3.83. The van der Waals surface area contributed by atoms with Crippen molar-refractivity contribution in [1.82, 2.24) is 0 Å². The second-order valence-electron chi connectivity index (χ2n) is 6.13. The number of hydrazine groups is 1. The standard InChI is InChI=1S/C21H22N3O/c1-16(14-18-10-6-4-7-11-18)15-22-20-17(2)23(3)24(21(20)25)19-12-8-5-9-13-19/h4-15,20H,1-3H3/q+1/b16-14+,22-15+. The van der Waals surface area contributed by atoms with Crippen molar-refractivity contribution in [2.45, 2.75) is 19.9 Å². The van der Waals surface area contributed by atoms with Gasteiger partial charge in [-0.2, -0.15) is 0 Å². The Morgan fingerprint density at radius 3 is 2.32 bits per heavy atom. The fourth-order valence-electron chi connectivity index (χ4n) is 2.86. The summed E-state index contributed by atoms with van der Waals surface area (Å²) in [5.41, 5.74) is 3.89. The van der Waals surface area contributed by atoms with Crippen molar-refractivity contribution in [2.24, 2.45) is 4.99 Å². The molecule has 1 aliphatic rings. The van der Waals surface area contributed by atoms with Crippen molar-refractivity contribution in [2.75, 3.05) is 12.1 Å². The van der Waals surface area contributed by atoms with E-state index in [1.54, 1.807) is 11.2 Å². The minimum atomic E-state index is -0.482. The number of aliphatic imine (C=N–C) groups is 1. The van der Waals surface area contributed by atoms with E-state index in [1.165, 1.54) is 0 Å². The molecule has 25 heavy (non-hydrogen) atoms.